The van der Waals surface area contributed by atoms with Crippen molar-refractivity contribution in [2.75, 3.05) is 13.6 Å². The van der Waals surface area contributed by atoms with Gasteiger partial charge in [-0.2, -0.15) is 0 Å². The molecule has 0 radical (unpaired) electrons. The SMILES string of the molecule is CN(C1CCC1)C(C)(CN)Cc1ccc(Cl)cc1. The van der Waals surface area contributed by atoms with Gasteiger partial charge in [0.25, 0.3) is 0 Å². The fraction of sp³-hybridized carbons (Fsp3) is 0.600. The lowest BCUT2D eigenvalue weighted by Crippen LogP contribution is -2.57. The summed E-state index contributed by atoms with van der Waals surface area (Å²) in [4.78, 5) is 2.48. The zero-order chi connectivity index (χ0) is 13.2. The molecule has 18 heavy (non-hydrogen) atoms. The zero-order valence-electron chi connectivity index (χ0n) is 11.3. The van der Waals surface area contributed by atoms with E-state index in [2.05, 4.69) is 31.0 Å². The van der Waals surface area contributed by atoms with E-state index >= 15 is 0 Å². The molecule has 0 saturated heterocycles. The van der Waals surface area contributed by atoms with Crippen LogP contribution in [-0.4, -0.2) is 30.1 Å². The van der Waals surface area contributed by atoms with Gasteiger partial charge in [0.15, 0.2) is 0 Å². The second kappa shape index (κ2) is 5.60. The molecule has 1 aromatic rings. The van der Waals surface area contributed by atoms with E-state index in [1.807, 2.05) is 12.1 Å². The van der Waals surface area contributed by atoms with Crippen molar-refractivity contribution >= 4 is 11.6 Å². The number of halogens is 1. The second-order valence-corrected chi connectivity index (χ2v) is 6.14. The molecule has 100 valence electrons. The van der Waals surface area contributed by atoms with Gasteiger partial charge in [-0.05, 0) is 50.9 Å². The summed E-state index contributed by atoms with van der Waals surface area (Å²) in [6, 6.07) is 8.83. The number of nitrogens with zero attached hydrogens (tertiary/aromatic N) is 1. The van der Waals surface area contributed by atoms with Crippen LogP contribution in [0.15, 0.2) is 24.3 Å². The Morgan fingerprint density at radius 1 is 1.33 bits per heavy atom. The van der Waals surface area contributed by atoms with Crippen LogP contribution >= 0.6 is 11.6 Å². The largest absolute Gasteiger partial charge is 0.329 e. The van der Waals surface area contributed by atoms with Gasteiger partial charge in [0.05, 0.1) is 0 Å². The summed E-state index contributed by atoms with van der Waals surface area (Å²) in [5.41, 5.74) is 7.38. The third kappa shape index (κ3) is 2.87. The quantitative estimate of drug-likeness (QED) is 0.888. The Hall–Kier alpha value is -0.570. The number of nitrogens with two attached hydrogens (primary N) is 1. The predicted molar refractivity (Wildman–Crippen MR) is 78.0 cm³/mol. The van der Waals surface area contributed by atoms with Gasteiger partial charge in [0, 0.05) is 23.1 Å². The monoisotopic (exact) mass is 266 g/mol. The van der Waals surface area contributed by atoms with Gasteiger partial charge >= 0.3 is 0 Å². The van der Waals surface area contributed by atoms with Crippen LogP contribution in [0.25, 0.3) is 0 Å². The Balaban J connectivity index is 2.08. The Morgan fingerprint density at radius 3 is 2.39 bits per heavy atom. The Labute approximate surface area is 115 Å². The molecule has 0 aromatic heterocycles. The first-order valence-corrected chi connectivity index (χ1v) is 7.10. The number of benzene rings is 1. The van der Waals surface area contributed by atoms with Crippen LogP contribution in [-0.2, 0) is 6.42 Å². The molecule has 1 saturated carbocycles. The second-order valence-electron chi connectivity index (χ2n) is 5.70. The molecular weight excluding hydrogens is 244 g/mol. The third-order valence-corrected chi connectivity index (χ3v) is 4.66. The average Bonchev–Trinajstić information content (AvgIpc) is 2.30. The minimum atomic E-state index is 0.0406. The van der Waals surface area contributed by atoms with Crippen LogP contribution in [0.5, 0.6) is 0 Å². The fourth-order valence-electron chi connectivity index (χ4n) is 2.60. The molecule has 1 unspecified atom stereocenters. The third-order valence-electron chi connectivity index (χ3n) is 4.41. The molecule has 1 aliphatic rings. The Bertz CT molecular complexity index is 386. The van der Waals surface area contributed by atoms with Crippen LogP contribution in [0, 0.1) is 0 Å². The molecule has 1 fully saturated rings. The normalized spacial score (nSPS) is 19.6. The number of hydrogen-bond donors (Lipinski definition) is 1. The fourth-order valence-corrected chi connectivity index (χ4v) is 2.72. The van der Waals surface area contributed by atoms with Crippen molar-refractivity contribution in [3.8, 4) is 0 Å². The molecular formula is C15H23ClN2. The first kappa shape index (κ1) is 13.9. The lowest BCUT2D eigenvalue weighted by atomic mass is 9.84. The van der Waals surface area contributed by atoms with Gasteiger partial charge < -0.3 is 5.73 Å². The van der Waals surface area contributed by atoms with E-state index in [1.165, 1.54) is 24.8 Å². The van der Waals surface area contributed by atoms with Crippen molar-refractivity contribution in [3.63, 3.8) is 0 Å². The highest BCUT2D eigenvalue weighted by Crippen LogP contribution is 2.30. The van der Waals surface area contributed by atoms with E-state index in [1.54, 1.807) is 0 Å². The van der Waals surface area contributed by atoms with Crippen LogP contribution < -0.4 is 5.73 Å². The first-order valence-electron chi connectivity index (χ1n) is 6.72. The highest BCUT2D eigenvalue weighted by Gasteiger charge is 2.35. The van der Waals surface area contributed by atoms with Crippen LogP contribution in [0.2, 0.25) is 5.02 Å². The summed E-state index contributed by atoms with van der Waals surface area (Å²) in [7, 11) is 2.21. The number of rotatable bonds is 5. The number of hydrogen-bond acceptors (Lipinski definition) is 2. The van der Waals surface area contributed by atoms with Crippen LogP contribution in [0.4, 0.5) is 0 Å². The van der Waals surface area contributed by atoms with E-state index in [-0.39, 0.29) is 5.54 Å². The molecule has 2 N–H and O–H groups in total. The average molecular weight is 267 g/mol. The summed E-state index contributed by atoms with van der Waals surface area (Å²) in [6.45, 7) is 2.95. The lowest BCUT2D eigenvalue weighted by Gasteiger charge is -2.46. The van der Waals surface area contributed by atoms with Gasteiger partial charge in [-0.3, -0.25) is 4.90 Å². The van der Waals surface area contributed by atoms with Crippen molar-refractivity contribution in [1.82, 2.24) is 4.90 Å². The number of likely N-dealkylation sites (N-methyl/N-ethyl adjacent to an activating group) is 1. The molecule has 0 heterocycles. The zero-order valence-corrected chi connectivity index (χ0v) is 12.1. The standard InChI is InChI=1S/C15H23ClN2/c1-15(11-17,18(2)14-4-3-5-14)10-12-6-8-13(16)9-7-12/h6-9,14H,3-5,10-11,17H2,1-2H3. The minimum Gasteiger partial charge on any atom is -0.329 e. The molecule has 2 nitrogen and oxygen atoms in total. The topological polar surface area (TPSA) is 29.3 Å². The van der Waals surface area contributed by atoms with Gasteiger partial charge in [0.1, 0.15) is 0 Å². The Morgan fingerprint density at radius 2 is 1.94 bits per heavy atom. The molecule has 1 aliphatic carbocycles. The van der Waals surface area contributed by atoms with E-state index in [0.717, 1.165) is 11.4 Å². The van der Waals surface area contributed by atoms with E-state index in [9.17, 15) is 0 Å². The maximum atomic E-state index is 6.03. The van der Waals surface area contributed by atoms with Crippen molar-refractivity contribution in [1.29, 1.82) is 0 Å². The van der Waals surface area contributed by atoms with Crippen molar-refractivity contribution in [3.05, 3.63) is 34.9 Å². The molecule has 1 aromatic carbocycles. The van der Waals surface area contributed by atoms with E-state index in [4.69, 9.17) is 17.3 Å². The summed E-state index contributed by atoms with van der Waals surface area (Å²) < 4.78 is 0. The summed E-state index contributed by atoms with van der Waals surface area (Å²) >= 11 is 5.93. The molecule has 1 atom stereocenters. The van der Waals surface area contributed by atoms with E-state index < -0.39 is 0 Å². The van der Waals surface area contributed by atoms with Crippen molar-refractivity contribution in [2.45, 2.75) is 44.2 Å². The predicted octanol–water partition coefficient (Wildman–Crippen LogP) is 3.08. The minimum absolute atomic E-state index is 0.0406. The van der Waals surface area contributed by atoms with Crippen molar-refractivity contribution < 1.29 is 0 Å². The van der Waals surface area contributed by atoms with Crippen LogP contribution in [0.1, 0.15) is 31.7 Å². The van der Waals surface area contributed by atoms with Gasteiger partial charge in [-0.15, -0.1) is 0 Å². The molecule has 0 spiro atoms. The molecule has 0 amide bonds. The van der Waals surface area contributed by atoms with Crippen molar-refractivity contribution in [2.24, 2.45) is 5.73 Å². The summed E-state index contributed by atoms with van der Waals surface area (Å²) in [6.07, 6.45) is 4.96. The summed E-state index contributed by atoms with van der Waals surface area (Å²) in [5, 5.41) is 0.792. The molecule has 3 heteroatoms. The smallest absolute Gasteiger partial charge is 0.0406 e. The Kier molecular flexibility index (Phi) is 4.31. The maximum Gasteiger partial charge on any atom is 0.0406 e. The van der Waals surface area contributed by atoms with Gasteiger partial charge in [-0.25, -0.2) is 0 Å². The molecule has 2 rings (SSSR count). The summed E-state index contributed by atoms with van der Waals surface area (Å²) in [5.74, 6) is 0. The molecule has 0 aliphatic heterocycles. The highest BCUT2D eigenvalue weighted by atomic mass is 35.5. The van der Waals surface area contributed by atoms with E-state index in [0.29, 0.717) is 12.6 Å². The molecule has 0 bridgehead atoms. The van der Waals surface area contributed by atoms with Gasteiger partial charge in [-0.1, -0.05) is 30.2 Å². The van der Waals surface area contributed by atoms with Gasteiger partial charge in [0.2, 0.25) is 0 Å². The maximum absolute atomic E-state index is 6.03. The lowest BCUT2D eigenvalue weighted by molar-refractivity contribution is 0.0500. The van der Waals surface area contributed by atoms with Crippen LogP contribution in [0.3, 0.4) is 0 Å². The highest BCUT2D eigenvalue weighted by molar-refractivity contribution is 6.30. The first-order chi connectivity index (χ1) is 8.55.